The van der Waals surface area contributed by atoms with Crippen LogP contribution in [0.4, 0.5) is 10.5 Å². The van der Waals surface area contributed by atoms with Gasteiger partial charge < -0.3 is 5.32 Å². The van der Waals surface area contributed by atoms with Crippen LogP contribution in [-0.2, 0) is 0 Å². The molecule has 9 heteroatoms. The molecule has 0 fully saturated rings. The minimum Gasteiger partial charge on any atom is -0.339 e. The highest BCUT2D eigenvalue weighted by atomic mass is 35.5. The third-order valence-electron chi connectivity index (χ3n) is 4.00. The number of hydrogen-bond donors (Lipinski definition) is 1. The van der Waals surface area contributed by atoms with Crippen LogP contribution >= 0.6 is 23.2 Å². The van der Waals surface area contributed by atoms with Crippen molar-refractivity contribution >= 4 is 46.7 Å². The average molecular weight is 405 g/mol. The number of urea groups is 1. The predicted octanol–water partition coefficient (Wildman–Crippen LogP) is 4.67. The molecule has 0 atom stereocenters. The number of fused-ring (bicyclic) bond motifs is 1. The summed E-state index contributed by atoms with van der Waals surface area (Å²) >= 11 is 12.3. The lowest BCUT2D eigenvalue weighted by Gasteiger charge is -2.17. The second-order valence-electron chi connectivity index (χ2n) is 5.76. The van der Waals surface area contributed by atoms with E-state index in [2.05, 4.69) is 10.4 Å². The number of carbonyl (C=O) groups excluding carboxylic acids is 1. The number of nitrogens with one attached hydrogen (secondary N) is 1. The van der Waals surface area contributed by atoms with Crippen molar-refractivity contribution in [2.75, 3.05) is 7.05 Å². The van der Waals surface area contributed by atoms with Crippen LogP contribution in [0.2, 0.25) is 10.0 Å². The first kappa shape index (κ1) is 18.9. The van der Waals surface area contributed by atoms with Crippen molar-refractivity contribution in [3.63, 3.8) is 0 Å². The summed E-state index contributed by atoms with van der Waals surface area (Å²) in [5, 5.41) is 19.9. The van der Waals surface area contributed by atoms with Crippen molar-refractivity contribution in [2.45, 2.75) is 6.92 Å². The highest BCUT2D eigenvalue weighted by Gasteiger charge is 2.23. The lowest BCUT2D eigenvalue weighted by Crippen LogP contribution is -2.33. The van der Waals surface area contributed by atoms with E-state index >= 15 is 0 Å². The maximum Gasteiger partial charge on any atom is 0.342 e. The van der Waals surface area contributed by atoms with E-state index in [4.69, 9.17) is 23.2 Å². The standard InChI is InChI=1S/C18H14Cl2N4O3/c1-10-7-12-8-15(19)16(20)9-14(12)17(22-23(10)18(25)21-2)11-3-5-13(6-4-11)24(26)27/h3-9H,1-2H3,(H,21,25). The maximum absolute atomic E-state index is 12.3. The monoisotopic (exact) mass is 404 g/mol. The SMILES string of the molecule is CNC(=O)N1N=C(c2ccc([N+](=O)[O-])cc2)c2cc(Cl)c(Cl)cc2C=C1C. The van der Waals surface area contributed by atoms with Gasteiger partial charge >= 0.3 is 6.03 Å². The van der Waals surface area contributed by atoms with E-state index in [0.717, 1.165) is 5.56 Å². The minimum absolute atomic E-state index is 0.0419. The Balaban J connectivity index is 2.24. The van der Waals surface area contributed by atoms with Crippen LogP contribution in [0, 0.1) is 10.1 Å². The zero-order valence-corrected chi connectivity index (χ0v) is 15.9. The fourth-order valence-electron chi connectivity index (χ4n) is 2.67. The number of amides is 2. The largest absolute Gasteiger partial charge is 0.342 e. The Kier molecular flexibility index (Phi) is 5.16. The summed E-state index contributed by atoms with van der Waals surface area (Å²) in [6.45, 7) is 1.74. The van der Waals surface area contributed by atoms with Gasteiger partial charge in [0.25, 0.3) is 5.69 Å². The topological polar surface area (TPSA) is 87.8 Å². The number of nitro groups is 1. The van der Waals surface area contributed by atoms with Crippen molar-refractivity contribution < 1.29 is 9.72 Å². The Morgan fingerprint density at radius 1 is 1.19 bits per heavy atom. The van der Waals surface area contributed by atoms with Crippen LogP contribution in [0.5, 0.6) is 0 Å². The lowest BCUT2D eigenvalue weighted by molar-refractivity contribution is -0.384. The number of halogens is 2. The summed E-state index contributed by atoms with van der Waals surface area (Å²) in [4.78, 5) is 22.7. The number of nitro benzene ring substituents is 1. The number of non-ortho nitro benzene ring substituents is 1. The van der Waals surface area contributed by atoms with Gasteiger partial charge in [0, 0.05) is 36.0 Å². The molecule has 2 aromatic carbocycles. The van der Waals surface area contributed by atoms with E-state index < -0.39 is 11.0 Å². The molecular formula is C18H14Cl2N4O3. The molecule has 0 saturated carbocycles. The molecule has 2 aromatic rings. The summed E-state index contributed by atoms with van der Waals surface area (Å²) in [7, 11) is 1.50. The average Bonchev–Trinajstić information content (AvgIpc) is 2.78. The Labute approximate surface area is 165 Å². The van der Waals surface area contributed by atoms with E-state index in [1.807, 2.05) is 0 Å². The van der Waals surface area contributed by atoms with Gasteiger partial charge in [-0.2, -0.15) is 10.1 Å². The zero-order valence-electron chi connectivity index (χ0n) is 14.4. The van der Waals surface area contributed by atoms with Gasteiger partial charge in [0.1, 0.15) is 0 Å². The van der Waals surface area contributed by atoms with Gasteiger partial charge in [-0.1, -0.05) is 23.2 Å². The number of rotatable bonds is 2. The van der Waals surface area contributed by atoms with Crippen molar-refractivity contribution in [3.05, 3.63) is 78.9 Å². The molecular weight excluding hydrogens is 391 g/mol. The molecule has 0 radical (unpaired) electrons. The highest BCUT2D eigenvalue weighted by Crippen LogP contribution is 2.32. The summed E-state index contributed by atoms with van der Waals surface area (Å²) in [5.74, 6) is 0. The van der Waals surface area contributed by atoms with Gasteiger partial charge in [-0.3, -0.25) is 10.1 Å². The number of hydrogen-bond acceptors (Lipinski definition) is 4. The first-order valence-electron chi connectivity index (χ1n) is 7.85. The first-order valence-corrected chi connectivity index (χ1v) is 8.60. The predicted molar refractivity (Wildman–Crippen MR) is 105 cm³/mol. The molecule has 1 aliphatic rings. The summed E-state index contributed by atoms with van der Waals surface area (Å²) in [6, 6.07) is 8.84. The Morgan fingerprint density at radius 2 is 1.81 bits per heavy atom. The molecule has 0 aliphatic carbocycles. The Bertz CT molecular complexity index is 1000. The van der Waals surface area contributed by atoms with E-state index in [-0.39, 0.29) is 5.69 Å². The summed E-state index contributed by atoms with van der Waals surface area (Å²) in [6.07, 6.45) is 1.77. The molecule has 0 spiro atoms. The second-order valence-corrected chi connectivity index (χ2v) is 6.57. The fraction of sp³-hybridized carbons (Fsp3) is 0.111. The molecule has 1 aliphatic heterocycles. The van der Waals surface area contributed by atoms with E-state index in [0.29, 0.717) is 32.6 Å². The fourth-order valence-corrected chi connectivity index (χ4v) is 3.01. The van der Waals surface area contributed by atoms with Crippen molar-refractivity contribution in [1.29, 1.82) is 0 Å². The Hall–Kier alpha value is -2.90. The number of allylic oxidation sites excluding steroid dienone is 1. The van der Waals surface area contributed by atoms with Gasteiger partial charge in [0.05, 0.1) is 20.7 Å². The van der Waals surface area contributed by atoms with Crippen LogP contribution in [-0.4, -0.2) is 28.7 Å². The molecule has 0 unspecified atom stereocenters. The van der Waals surface area contributed by atoms with Gasteiger partial charge in [-0.15, -0.1) is 0 Å². The van der Waals surface area contributed by atoms with Gasteiger partial charge in [0.2, 0.25) is 0 Å². The van der Waals surface area contributed by atoms with Crippen molar-refractivity contribution in [3.8, 4) is 0 Å². The molecule has 27 heavy (non-hydrogen) atoms. The number of hydrazone groups is 1. The smallest absolute Gasteiger partial charge is 0.339 e. The van der Waals surface area contributed by atoms with Crippen LogP contribution in [0.3, 0.4) is 0 Å². The van der Waals surface area contributed by atoms with Gasteiger partial charge in [-0.05, 0) is 42.8 Å². The van der Waals surface area contributed by atoms with E-state index in [1.54, 1.807) is 37.3 Å². The first-order chi connectivity index (χ1) is 12.8. The van der Waals surface area contributed by atoms with E-state index in [1.165, 1.54) is 24.2 Å². The van der Waals surface area contributed by atoms with E-state index in [9.17, 15) is 14.9 Å². The second kappa shape index (κ2) is 7.38. The van der Waals surface area contributed by atoms with Gasteiger partial charge in [-0.25, -0.2) is 4.79 Å². The minimum atomic E-state index is -0.480. The number of benzene rings is 2. The maximum atomic E-state index is 12.3. The van der Waals surface area contributed by atoms with Crippen molar-refractivity contribution in [1.82, 2.24) is 10.3 Å². The quantitative estimate of drug-likeness (QED) is 0.582. The highest BCUT2D eigenvalue weighted by molar-refractivity contribution is 6.42. The summed E-state index contributed by atoms with van der Waals surface area (Å²) in [5.41, 5.74) is 2.95. The van der Waals surface area contributed by atoms with Crippen LogP contribution in [0.25, 0.3) is 6.08 Å². The molecule has 1 heterocycles. The lowest BCUT2D eigenvalue weighted by atomic mass is 9.97. The molecule has 138 valence electrons. The molecule has 3 rings (SSSR count). The molecule has 7 nitrogen and oxygen atoms in total. The molecule has 0 saturated heterocycles. The van der Waals surface area contributed by atoms with Crippen LogP contribution in [0.1, 0.15) is 23.6 Å². The number of carbonyl (C=O) groups is 1. The molecule has 2 amide bonds. The number of nitrogens with zero attached hydrogens (tertiary/aromatic N) is 3. The third-order valence-corrected chi connectivity index (χ3v) is 4.73. The molecule has 0 aromatic heterocycles. The van der Waals surface area contributed by atoms with Crippen LogP contribution < -0.4 is 5.32 Å². The molecule has 1 N–H and O–H groups in total. The Morgan fingerprint density at radius 3 is 2.41 bits per heavy atom. The normalized spacial score (nSPS) is 13.3. The third kappa shape index (κ3) is 3.65. The zero-order chi connectivity index (χ0) is 19.7. The van der Waals surface area contributed by atoms with Gasteiger partial charge in [0.15, 0.2) is 0 Å². The molecule has 0 bridgehead atoms. The van der Waals surface area contributed by atoms with Crippen LogP contribution in [0.15, 0.2) is 47.2 Å². The van der Waals surface area contributed by atoms with Crippen molar-refractivity contribution in [2.24, 2.45) is 5.10 Å². The summed E-state index contributed by atoms with van der Waals surface area (Å²) < 4.78 is 0.